The number of nitrogen functional groups attached to an aromatic ring is 1. The van der Waals surface area contributed by atoms with Crippen LogP contribution in [-0.2, 0) is 6.54 Å². The van der Waals surface area contributed by atoms with Crippen LogP contribution in [-0.4, -0.2) is 17.4 Å². The van der Waals surface area contributed by atoms with Gasteiger partial charge in [0, 0.05) is 17.6 Å². The summed E-state index contributed by atoms with van der Waals surface area (Å²) in [6.45, 7) is 3.33. The zero-order chi connectivity index (χ0) is 15.2. The van der Waals surface area contributed by atoms with Crippen molar-refractivity contribution in [1.29, 1.82) is 0 Å². The number of halogens is 1. The summed E-state index contributed by atoms with van der Waals surface area (Å²) in [5, 5.41) is 6.67. The summed E-state index contributed by atoms with van der Waals surface area (Å²) in [5.74, 6) is 0.0693. The lowest BCUT2D eigenvalue weighted by Crippen LogP contribution is -2.22. The van der Waals surface area contributed by atoms with Gasteiger partial charge in [0.2, 0.25) is 0 Å². The Balaban J connectivity index is 1.98. The van der Waals surface area contributed by atoms with Crippen molar-refractivity contribution in [3.8, 4) is 0 Å². The first-order valence-corrected chi connectivity index (χ1v) is 8.24. The lowest BCUT2D eigenvalue weighted by molar-refractivity contribution is 0.0955. The molecule has 0 unspecified atom stereocenters. The molecule has 1 aromatic carbocycles. The minimum absolute atomic E-state index is 0.200. The minimum atomic E-state index is -0.200. The summed E-state index contributed by atoms with van der Waals surface area (Å²) in [6, 6.07) is 7.79. The van der Waals surface area contributed by atoms with Gasteiger partial charge in [-0.2, -0.15) is 0 Å². The maximum atomic E-state index is 12.2. The number of nitrogens with one attached hydrogen (secondary N) is 2. The van der Waals surface area contributed by atoms with Gasteiger partial charge in [-0.1, -0.05) is 46.3 Å². The maximum absolute atomic E-state index is 12.2. The van der Waals surface area contributed by atoms with E-state index in [2.05, 4.69) is 38.5 Å². The Morgan fingerprint density at radius 3 is 3.00 bits per heavy atom. The number of nitrogens with zero attached hydrogens (tertiary/aromatic N) is 1. The number of aromatic nitrogens is 1. The van der Waals surface area contributed by atoms with Crippen molar-refractivity contribution in [3.05, 3.63) is 39.2 Å². The van der Waals surface area contributed by atoms with Crippen LogP contribution in [0.4, 0.5) is 10.9 Å². The van der Waals surface area contributed by atoms with E-state index in [-0.39, 0.29) is 11.7 Å². The first kappa shape index (κ1) is 15.8. The number of carbonyl (C=O) groups excluding carboxylic acids is 1. The molecule has 1 aromatic heterocycles. The molecule has 0 bridgehead atoms. The third kappa shape index (κ3) is 4.44. The molecule has 1 amide bonds. The highest BCUT2D eigenvalue weighted by Crippen LogP contribution is 2.24. The first-order chi connectivity index (χ1) is 10.1. The second-order valence-corrected chi connectivity index (χ2v) is 6.39. The summed E-state index contributed by atoms with van der Waals surface area (Å²) in [4.78, 5) is 16.8. The molecule has 0 aliphatic carbocycles. The van der Waals surface area contributed by atoms with E-state index in [1.54, 1.807) is 0 Å². The Bertz CT molecular complexity index is 629. The van der Waals surface area contributed by atoms with Gasteiger partial charge in [-0.3, -0.25) is 4.79 Å². The number of nitrogens with two attached hydrogens (primary N) is 1. The SMILES string of the molecule is CCCNc1nc(N)c(C(=O)NCc2cccc(Br)c2)s1. The molecular weight excluding hydrogens is 352 g/mol. The fraction of sp³-hybridized carbons (Fsp3) is 0.286. The van der Waals surface area contributed by atoms with Crippen LogP contribution in [0.1, 0.15) is 28.6 Å². The Hall–Kier alpha value is -1.60. The minimum Gasteiger partial charge on any atom is -0.382 e. The van der Waals surface area contributed by atoms with Crippen LogP contribution in [0.25, 0.3) is 0 Å². The van der Waals surface area contributed by atoms with Crippen LogP contribution in [0.15, 0.2) is 28.7 Å². The number of amides is 1. The molecule has 0 aliphatic heterocycles. The van der Waals surface area contributed by atoms with Crippen molar-refractivity contribution in [3.63, 3.8) is 0 Å². The van der Waals surface area contributed by atoms with Gasteiger partial charge in [0.15, 0.2) is 5.13 Å². The van der Waals surface area contributed by atoms with Gasteiger partial charge in [-0.25, -0.2) is 4.98 Å². The van der Waals surface area contributed by atoms with Crippen molar-refractivity contribution >= 4 is 44.1 Å². The Morgan fingerprint density at radius 2 is 2.29 bits per heavy atom. The third-order valence-electron chi connectivity index (χ3n) is 2.73. The average molecular weight is 369 g/mol. The van der Waals surface area contributed by atoms with E-state index in [9.17, 15) is 4.79 Å². The quantitative estimate of drug-likeness (QED) is 0.730. The molecule has 0 atom stereocenters. The standard InChI is InChI=1S/C14H17BrN4OS/c1-2-6-17-14-19-12(16)11(21-14)13(20)18-8-9-4-3-5-10(15)7-9/h3-5,7H,2,6,8,16H2,1H3,(H,17,19)(H,18,20). The van der Waals surface area contributed by atoms with E-state index >= 15 is 0 Å². The van der Waals surface area contributed by atoms with Crippen LogP contribution in [0, 0.1) is 0 Å². The van der Waals surface area contributed by atoms with E-state index in [0.717, 1.165) is 23.0 Å². The molecule has 0 radical (unpaired) electrons. The number of hydrogen-bond acceptors (Lipinski definition) is 5. The summed E-state index contributed by atoms with van der Waals surface area (Å²) >= 11 is 4.68. The van der Waals surface area contributed by atoms with Gasteiger partial charge in [0.05, 0.1) is 0 Å². The van der Waals surface area contributed by atoms with E-state index < -0.39 is 0 Å². The van der Waals surface area contributed by atoms with E-state index in [4.69, 9.17) is 5.73 Å². The third-order valence-corrected chi connectivity index (χ3v) is 4.25. The predicted octanol–water partition coefficient (Wildman–Crippen LogP) is 3.24. The summed E-state index contributed by atoms with van der Waals surface area (Å²) in [7, 11) is 0. The largest absolute Gasteiger partial charge is 0.382 e. The van der Waals surface area contributed by atoms with Gasteiger partial charge in [-0.05, 0) is 24.1 Å². The smallest absolute Gasteiger partial charge is 0.265 e. The van der Waals surface area contributed by atoms with Crippen molar-refractivity contribution < 1.29 is 4.79 Å². The monoisotopic (exact) mass is 368 g/mol. The molecule has 0 fully saturated rings. The van der Waals surface area contributed by atoms with Gasteiger partial charge in [-0.15, -0.1) is 0 Å². The van der Waals surface area contributed by atoms with Gasteiger partial charge in [0.1, 0.15) is 10.7 Å². The van der Waals surface area contributed by atoms with Gasteiger partial charge in [0.25, 0.3) is 5.91 Å². The van der Waals surface area contributed by atoms with Crippen LogP contribution < -0.4 is 16.4 Å². The number of rotatable bonds is 6. The molecule has 0 saturated carbocycles. The second kappa shape index (κ2) is 7.42. The Morgan fingerprint density at radius 1 is 1.48 bits per heavy atom. The summed E-state index contributed by atoms with van der Waals surface area (Å²) < 4.78 is 0.984. The maximum Gasteiger partial charge on any atom is 0.265 e. The fourth-order valence-electron chi connectivity index (χ4n) is 1.71. The summed E-state index contributed by atoms with van der Waals surface area (Å²) in [5.41, 5.74) is 6.82. The van der Waals surface area contributed by atoms with E-state index in [1.165, 1.54) is 11.3 Å². The van der Waals surface area contributed by atoms with E-state index in [1.807, 2.05) is 24.3 Å². The molecule has 7 heteroatoms. The van der Waals surface area contributed by atoms with Crippen molar-refractivity contribution in [2.24, 2.45) is 0 Å². The molecule has 1 heterocycles. The molecule has 2 aromatic rings. The van der Waals surface area contributed by atoms with Gasteiger partial charge < -0.3 is 16.4 Å². The molecule has 4 N–H and O–H groups in total. The highest BCUT2D eigenvalue weighted by Gasteiger charge is 2.15. The van der Waals surface area contributed by atoms with Crippen LogP contribution >= 0.6 is 27.3 Å². The van der Waals surface area contributed by atoms with Crippen LogP contribution in [0.2, 0.25) is 0 Å². The molecule has 2 rings (SSSR count). The van der Waals surface area contributed by atoms with Crippen LogP contribution in [0.3, 0.4) is 0 Å². The topological polar surface area (TPSA) is 80.0 Å². The number of benzene rings is 1. The molecule has 0 saturated heterocycles. The number of anilines is 2. The Labute approximate surface area is 136 Å². The number of thiazole rings is 1. The normalized spacial score (nSPS) is 10.4. The van der Waals surface area contributed by atoms with Crippen molar-refractivity contribution in [2.75, 3.05) is 17.6 Å². The molecule has 0 aliphatic rings. The number of hydrogen-bond donors (Lipinski definition) is 3. The first-order valence-electron chi connectivity index (χ1n) is 6.63. The molecular formula is C14H17BrN4OS. The van der Waals surface area contributed by atoms with Crippen molar-refractivity contribution in [1.82, 2.24) is 10.3 Å². The molecule has 0 spiro atoms. The van der Waals surface area contributed by atoms with Gasteiger partial charge >= 0.3 is 0 Å². The predicted molar refractivity (Wildman–Crippen MR) is 90.6 cm³/mol. The number of carbonyl (C=O) groups is 1. The second-order valence-electron chi connectivity index (χ2n) is 4.47. The highest BCUT2D eigenvalue weighted by atomic mass is 79.9. The Kier molecular flexibility index (Phi) is 5.58. The average Bonchev–Trinajstić information content (AvgIpc) is 2.84. The zero-order valence-corrected chi connectivity index (χ0v) is 14.1. The van der Waals surface area contributed by atoms with E-state index in [0.29, 0.717) is 16.6 Å². The highest BCUT2D eigenvalue weighted by molar-refractivity contribution is 9.10. The fourth-order valence-corrected chi connectivity index (χ4v) is 2.99. The van der Waals surface area contributed by atoms with Crippen molar-refractivity contribution in [2.45, 2.75) is 19.9 Å². The van der Waals surface area contributed by atoms with Crippen LogP contribution in [0.5, 0.6) is 0 Å². The lowest BCUT2D eigenvalue weighted by atomic mass is 10.2. The molecule has 112 valence electrons. The summed E-state index contributed by atoms with van der Waals surface area (Å²) in [6.07, 6.45) is 0.990. The molecule has 5 nitrogen and oxygen atoms in total. The molecule has 21 heavy (non-hydrogen) atoms. The lowest BCUT2D eigenvalue weighted by Gasteiger charge is -2.04. The zero-order valence-electron chi connectivity index (χ0n) is 11.6.